The van der Waals surface area contributed by atoms with Crippen molar-refractivity contribution in [2.24, 2.45) is 0 Å². The topological polar surface area (TPSA) is 55.1 Å². The smallest absolute Gasteiger partial charge is 0.352 e. The summed E-state index contributed by atoms with van der Waals surface area (Å²) in [6.45, 7) is 2.72. The van der Waals surface area contributed by atoms with Gasteiger partial charge in [-0.1, -0.05) is 6.92 Å². The summed E-state index contributed by atoms with van der Waals surface area (Å²) in [6, 6.07) is 7.25. The van der Waals surface area contributed by atoms with E-state index in [4.69, 9.17) is 5.11 Å². The van der Waals surface area contributed by atoms with Crippen LogP contribution in [0.1, 0.15) is 23.8 Å². The molecule has 0 aliphatic rings. The number of carboxylic acids is 1. The number of aromatic carboxylic acids is 1. The lowest BCUT2D eigenvalue weighted by atomic mass is 10.2. The molecule has 2 rings (SSSR count). The molecule has 0 amide bonds. The molecule has 0 aliphatic heterocycles. The summed E-state index contributed by atoms with van der Waals surface area (Å²) in [5.41, 5.74) is 2.16. The van der Waals surface area contributed by atoms with Crippen molar-refractivity contribution in [1.82, 2.24) is 9.55 Å². The molecular weight excluding hydrogens is 216 g/mol. The Hall–Kier alpha value is -2.10. The summed E-state index contributed by atoms with van der Waals surface area (Å²) in [7, 11) is 0. The monoisotopic (exact) mass is 230 g/mol. The fraction of sp³-hybridized carbons (Fsp3) is 0.231. The molecule has 0 aromatic carbocycles. The molecule has 2 aromatic rings. The van der Waals surface area contributed by atoms with Crippen molar-refractivity contribution in [3.8, 4) is 11.3 Å². The molecule has 0 aliphatic carbocycles. The molecular formula is C13H14N2O2. The van der Waals surface area contributed by atoms with Crippen LogP contribution in [0.15, 0.2) is 36.7 Å². The van der Waals surface area contributed by atoms with Crippen LogP contribution in [0.3, 0.4) is 0 Å². The Balaban J connectivity index is 2.51. The van der Waals surface area contributed by atoms with Crippen molar-refractivity contribution in [2.75, 3.05) is 0 Å². The molecule has 2 aromatic heterocycles. The van der Waals surface area contributed by atoms with E-state index in [0.717, 1.165) is 17.7 Å². The van der Waals surface area contributed by atoms with Crippen molar-refractivity contribution in [2.45, 2.75) is 19.9 Å². The summed E-state index contributed by atoms with van der Waals surface area (Å²) in [4.78, 5) is 15.2. The lowest BCUT2D eigenvalue weighted by Gasteiger charge is -2.10. The molecule has 0 radical (unpaired) electrons. The number of hydrogen-bond acceptors (Lipinski definition) is 2. The van der Waals surface area contributed by atoms with E-state index in [1.807, 2.05) is 29.7 Å². The van der Waals surface area contributed by atoms with Crippen molar-refractivity contribution in [3.05, 3.63) is 42.4 Å². The maximum absolute atomic E-state index is 11.1. The van der Waals surface area contributed by atoms with Crippen LogP contribution < -0.4 is 0 Å². The first-order chi connectivity index (χ1) is 8.24. The van der Waals surface area contributed by atoms with Gasteiger partial charge in [0.15, 0.2) is 0 Å². The molecule has 4 heteroatoms. The molecule has 1 N–H and O–H groups in total. The average Bonchev–Trinajstić information content (AvgIpc) is 2.75. The normalized spacial score (nSPS) is 10.4. The van der Waals surface area contributed by atoms with Crippen LogP contribution in [0.2, 0.25) is 0 Å². The molecule has 0 fully saturated rings. The second-order valence-electron chi connectivity index (χ2n) is 3.80. The minimum absolute atomic E-state index is 0.325. The minimum atomic E-state index is -0.895. The molecule has 0 spiro atoms. The third kappa shape index (κ3) is 2.20. The van der Waals surface area contributed by atoms with Gasteiger partial charge in [0.2, 0.25) is 0 Å². The lowest BCUT2D eigenvalue weighted by molar-refractivity contribution is 0.0685. The Morgan fingerprint density at radius 1 is 1.41 bits per heavy atom. The van der Waals surface area contributed by atoms with Gasteiger partial charge in [0.1, 0.15) is 5.69 Å². The van der Waals surface area contributed by atoms with Gasteiger partial charge in [-0.15, -0.1) is 0 Å². The van der Waals surface area contributed by atoms with Crippen molar-refractivity contribution >= 4 is 5.97 Å². The molecule has 0 unspecified atom stereocenters. The van der Waals surface area contributed by atoms with E-state index in [1.165, 1.54) is 0 Å². The number of aromatic nitrogens is 2. The first kappa shape index (κ1) is 11.4. The molecule has 0 saturated carbocycles. The van der Waals surface area contributed by atoms with Crippen LogP contribution >= 0.6 is 0 Å². The van der Waals surface area contributed by atoms with Crippen LogP contribution in [0, 0.1) is 0 Å². The molecule has 88 valence electrons. The summed E-state index contributed by atoms with van der Waals surface area (Å²) in [5, 5.41) is 9.12. The largest absolute Gasteiger partial charge is 0.477 e. The highest BCUT2D eigenvalue weighted by Crippen LogP contribution is 2.22. The highest BCUT2D eigenvalue weighted by molar-refractivity contribution is 5.87. The predicted octanol–water partition coefficient (Wildman–Crippen LogP) is 2.66. The maximum Gasteiger partial charge on any atom is 0.352 e. The van der Waals surface area contributed by atoms with Gasteiger partial charge in [0, 0.05) is 24.5 Å². The summed E-state index contributed by atoms with van der Waals surface area (Å²) >= 11 is 0. The highest BCUT2D eigenvalue weighted by atomic mass is 16.4. The van der Waals surface area contributed by atoms with Crippen LogP contribution in [-0.4, -0.2) is 20.6 Å². The fourth-order valence-corrected chi connectivity index (χ4v) is 1.89. The first-order valence-electron chi connectivity index (χ1n) is 5.57. The molecule has 0 atom stereocenters. The van der Waals surface area contributed by atoms with Gasteiger partial charge in [-0.3, -0.25) is 4.98 Å². The molecule has 0 bridgehead atoms. The third-order valence-corrected chi connectivity index (χ3v) is 2.60. The Morgan fingerprint density at radius 3 is 2.82 bits per heavy atom. The summed E-state index contributed by atoms with van der Waals surface area (Å²) < 4.78 is 1.82. The SMILES string of the molecule is CCCn1c(C(=O)O)ccc1-c1cccnc1. The Kier molecular flexibility index (Phi) is 3.23. The van der Waals surface area contributed by atoms with Crippen molar-refractivity contribution < 1.29 is 9.90 Å². The summed E-state index contributed by atoms with van der Waals surface area (Å²) in [6.07, 6.45) is 4.34. The van der Waals surface area contributed by atoms with Gasteiger partial charge in [0.25, 0.3) is 0 Å². The van der Waals surface area contributed by atoms with Gasteiger partial charge in [-0.25, -0.2) is 4.79 Å². The Labute approximate surface area is 99.5 Å². The van der Waals surface area contributed by atoms with Gasteiger partial charge in [-0.05, 0) is 30.7 Å². The third-order valence-electron chi connectivity index (χ3n) is 2.60. The van der Waals surface area contributed by atoms with E-state index < -0.39 is 5.97 Å². The number of carboxylic acid groups (broad SMARTS) is 1. The lowest BCUT2D eigenvalue weighted by Crippen LogP contribution is -2.09. The van der Waals surface area contributed by atoms with E-state index in [0.29, 0.717) is 12.2 Å². The van der Waals surface area contributed by atoms with Crippen molar-refractivity contribution in [1.29, 1.82) is 0 Å². The number of hydrogen-bond donors (Lipinski definition) is 1. The second kappa shape index (κ2) is 4.82. The van der Waals surface area contributed by atoms with Crippen LogP contribution in [-0.2, 0) is 6.54 Å². The van der Waals surface area contributed by atoms with Crippen LogP contribution in [0.5, 0.6) is 0 Å². The van der Waals surface area contributed by atoms with E-state index in [-0.39, 0.29) is 0 Å². The fourth-order valence-electron chi connectivity index (χ4n) is 1.89. The average molecular weight is 230 g/mol. The van der Waals surface area contributed by atoms with E-state index in [1.54, 1.807) is 18.5 Å². The van der Waals surface area contributed by atoms with Gasteiger partial charge < -0.3 is 9.67 Å². The quantitative estimate of drug-likeness (QED) is 0.878. The minimum Gasteiger partial charge on any atom is -0.477 e. The number of carbonyl (C=O) groups is 1. The summed E-state index contributed by atoms with van der Waals surface area (Å²) in [5.74, 6) is -0.895. The Bertz CT molecular complexity index is 517. The van der Waals surface area contributed by atoms with Crippen LogP contribution in [0.25, 0.3) is 11.3 Å². The maximum atomic E-state index is 11.1. The standard InChI is InChI=1S/C13H14N2O2/c1-2-8-15-11(5-6-12(15)13(16)17)10-4-3-7-14-9-10/h3-7,9H,2,8H2,1H3,(H,16,17). The van der Waals surface area contributed by atoms with E-state index in [2.05, 4.69) is 4.98 Å². The van der Waals surface area contributed by atoms with Gasteiger partial charge in [0.05, 0.1) is 5.69 Å². The zero-order valence-corrected chi connectivity index (χ0v) is 9.63. The zero-order chi connectivity index (χ0) is 12.3. The second-order valence-corrected chi connectivity index (χ2v) is 3.80. The van der Waals surface area contributed by atoms with Gasteiger partial charge in [-0.2, -0.15) is 0 Å². The van der Waals surface area contributed by atoms with Crippen LogP contribution in [0.4, 0.5) is 0 Å². The molecule has 4 nitrogen and oxygen atoms in total. The number of nitrogens with zero attached hydrogens (tertiary/aromatic N) is 2. The number of pyridine rings is 1. The van der Waals surface area contributed by atoms with E-state index >= 15 is 0 Å². The molecule has 2 heterocycles. The van der Waals surface area contributed by atoms with E-state index in [9.17, 15) is 4.79 Å². The predicted molar refractivity (Wildman–Crippen MR) is 64.9 cm³/mol. The Morgan fingerprint density at radius 2 is 2.24 bits per heavy atom. The zero-order valence-electron chi connectivity index (χ0n) is 9.63. The van der Waals surface area contributed by atoms with Gasteiger partial charge >= 0.3 is 5.97 Å². The van der Waals surface area contributed by atoms with Crippen molar-refractivity contribution in [3.63, 3.8) is 0 Å². The number of rotatable bonds is 4. The highest BCUT2D eigenvalue weighted by Gasteiger charge is 2.14. The first-order valence-corrected chi connectivity index (χ1v) is 5.57. The molecule has 17 heavy (non-hydrogen) atoms. The molecule has 0 saturated heterocycles.